The van der Waals surface area contributed by atoms with E-state index in [0.717, 1.165) is 6.92 Å². The molecule has 0 heterocycles. The summed E-state index contributed by atoms with van der Waals surface area (Å²) in [5.41, 5.74) is -2.09. The summed E-state index contributed by atoms with van der Waals surface area (Å²) in [6.07, 6.45) is 1.06. The largest absolute Gasteiger partial charge is 0.547 e. The minimum atomic E-state index is -2.09. The first-order valence-corrected chi connectivity index (χ1v) is 6.76. The van der Waals surface area contributed by atoms with E-state index in [1.807, 2.05) is 0 Å². The van der Waals surface area contributed by atoms with E-state index in [1.165, 1.54) is 0 Å². The molecule has 0 aromatic heterocycles. The molecule has 0 saturated heterocycles. The molecule has 1 N–H and O–H groups in total. The van der Waals surface area contributed by atoms with Crippen molar-refractivity contribution in [2.75, 3.05) is 11.9 Å². The van der Waals surface area contributed by atoms with Crippen molar-refractivity contribution >= 4 is 33.8 Å². The van der Waals surface area contributed by atoms with Crippen molar-refractivity contribution in [3.05, 3.63) is 0 Å². The predicted molar refractivity (Wildman–Crippen MR) is 65.8 cm³/mol. The topological polar surface area (TPSA) is 95.5 Å². The standard InChI is InChI=1S/C11H18BrNO5/c1-3-18-10(17)11(9(15)16,13-8(2)14)6-4-5-7-12/h3-7H2,1-2H3,(H,13,14)(H,15,16)/p-1. The predicted octanol–water partition coefficient (Wildman–Crippen LogP) is -0.260. The van der Waals surface area contributed by atoms with E-state index in [2.05, 4.69) is 21.2 Å². The van der Waals surface area contributed by atoms with Gasteiger partial charge in [-0.05, 0) is 26.2 Å². The van der Waals surface area contributed by atoms with Crippen LogP contribution in [0.1, 0.15) is 33.1 Å². The zero-order valence-corrected chi connectivity index (χ0v) is 12.0. The second kappa shape index (κ2) is 8.07. The highest BCUT2D eigenvalue weighted by Gasteiger charge is 2.42. The molecule has 0 aromatic carbocycles. The molecule has 0 aliphatic heterocycles. The van der Waals surface area contributed by atoms with Gasteiger partial charge in [-0.1, -0.05) is 15.9 Å². The normalized spacial score (nSPS) is 13.5. The third kappa shape index (κ3) is 4.64. The van der Waals surface area contributed by atoms with Gasteiger partial charge >= 0.3 is 5.97 Å². The Kier molecular flexibility index (Phi) is 7.58. The summed E-state index contributed by atoms with van der Waals surface area (Å²) in [4.78, 5) is 34.1. The number of carbonyl (C=O) groups excluding carboxylic acids is 3. The first-order chi connectivity index (χ1) is 8.40. The maximum Gasteiger partial charge on any atom is 0.337 e. The lowest BCUT2D eigenvalue weighted by molar-refractivity contribution is -0.313. The Balaban J connectivity index is 5.08. The molecule has 1 atom stereocenters. The fraction of sp³-hybridized carbons (Fsp3) is 0.727. The lowest BCUT2D eigenvalue weighted by atomic mass is 9.92. The van der Waals surface area contributed by atoms with E-state index < -0.39 is 23.4 Å². The summed E-state index contributed by atoms with van der Waals surface area (Å²) < 4.78 is 4.71. The lowest BCUT2D eigenvalue weighted by Gasteiger charge is -2.32. The smallest absolute Gasteiger partial charge is 0.337 e. The number of carboxylic acid groups (broad SMARTS) is 1. The number of aliphatic carboxylic acids is 1. The SMILES string of the molecule is CCOC(=O)C(CCCCBr)(NC(C)=O)C(=O)[O-]. The van der Waals surface area contributed by atoms with Gasteiger partial charge in [-0.3, -0.25) is 4.79 Å². The molecule has 0 rings (SSSR count). The Hall–Kier alpha value is -1.11. The summed E-state index contributed by atoms with van der Waals surface area (Å²) in [5.74, 6) is -3.26. The fourth-order valence-electron chi connectivity index (χ4n) is 1.49. The summed E-state index contributed by atoms with van der Waals surface area (Å²) in [6, 6.07) is 0. The zero-order valence-electron chi connectivity index (χ0n) is 10.5. The number of esters is 1. The van der Waals surface area contributed by atoms with E-state index in [9.17, 15) is 19.5 Å². The highest BCUT2D eigenvalue weighted by Crippen LogP contribution is 2.17. The van der Waals surface area contributed by atoms with Crippen LogP contribution in [-0.2, 0) is 19.1 Å². The monoisotopic (exact) mass is 322 g/mol. The van der Waals surface area contributed by atoms with E-state index in [-0.39, 0.29) is 13.0 Å². The minimum absolute atomic E-state index is 0.0336. The molecule has 6 nitrogen and oxygen atoms in total. The highest BCUT2D eigenvalue weighted by atomic mass is 79.9. The van der Waals surface area contributed by atoms with Crippen LogP contribution in [0.15, 0.2) is 0 Å². The van der Waals surface area contributed by atoms with Crippen LogP contribution in [0.4, 0.5) is 0 Å². The van der Waals surface area contributed by atoms with Crippen molar-refractivity contribution in [1.82, 2.24) is 5.32 Å². The molecule has 0 aromatic rings. The first-order valence-electron chi connectivity index (χ1n) is 5.64. The molecule has 0 fully saturated rings. The Morgan fingerprint density at radius 3 is 2.33 bits per heavy atom. The van der Waals surface area contributed by atoms with Crippen LogP contribution in [0.2, 0.25) is 0 Å². The van der Waals surface area contributed by atoms with Gasteiger partial charge in [0.15, 0.2) is 5.54 Å². The van der Waals surface area contributed by atoms with E-state index in [1.54, 1.807) is 6.92 Å². The maximum atomic E-state index is 11.8. The Morgan fingerprint density at radius 1 is 1.33 bits per heavy atom. The first kappa shape index (κ1) is 16.9. The van der Waals surface area contributed by atoms with Gasteiger partial charge in [-0.25, -0.2) is 4.79 Å². The van der Waals surface area contributed by atoms with Crippen molar-refractivity contribution in [2.24, 2.45) is 0 Å². The number of ether oxygens (including phenoxy) is 1. The number of alkyl halides is 1. The van der Waals surface area contributed by atoms with Gasteiger partial charge < -0.3 is 20.0 Å². The van der Waals surface area contributed by atoms with Crippen LogP contribution >= 0.6 is 15.9 Å². The number of carbonyl (C=O) groups is 3. The molecule has 0 radical (unpaired) electrons. The van der Waals surface area contributed by atoms with Crippen molar-refractivity contribution < 1.29 is 24.2 Å². The maximum absolute atomic E-state index is 11.8. The molecule has 104 valence electrons. The number of unbranched alkanes of at least 4 members (excludes halogenated alkanes) is 1. The van der Waals surface area contributed by atoms with Crippen molar-refractivity contribution in [1.29, 1.82) is 0 Å². The van der Waals surface area contributed by atoms with Crippen LogP contribution < -0.4 is 10.4 Å². The third-order valence-electron chi connectivity index (χ3n) is 2.30. The van der Waals surface area contributed by atoms with Crippen molar-refractivity contribution in [2.45, 2.75) is 38.6 Å². The summed E-state index contributed by atoms with van der Waals surface area (Å²) in [5, 5.41) is 14.1. The molecule has 0 bridgehead atoms. The molecule has 1 amide bonds. The number of halogens is 1. The fourth-order valence-corrected chi connectivity index (χ4v) is 1.89. The van der Waals surface area contributed by atoms with Crippen LogP contribution in [0.3, 0.4) is 0 Å². The molecule has 0 aliphatic carbocycles. The molecule has 0 saturated carbocycles. The number of hydrogen-bond acceptors (Lipinski definition) is 5. The average molecular weight is 323 g/mol. The van der Waals surface area contributed by atoms with E-state index >= 15 is 0 Å². The quantitative estimate of drug-likeness (QED) is 0.287. The summed E-state index contributed by atoms with van der Waals surface area (Å²) in [7, 11) is 0. The van der Waals surface area contributed by atoms with Gasteiger partial charge in [-0.2, -0.15) is 0 Å². The van der Waals surface area contributed by atoms with E-state index in [0.29, 0.717) is 18.2 Å². The Labute approximate surface area is 114 Å². The van der Waals surface area contributed by atoms with Crippen molar-refractivity contribution in [3.8, 4) is 0 Å². The molecular formula is C11H17BrNO5-. The molecule has 0 aliphatic rings. The highest BCUT2D eigenvalue weighted by molar-refractivity contribution is 9.09. The Morgan fingerprint density at radius 2 is 1.94 bits per heavy atom. The van der Waals surface area contributed by atoms with Crippen LogP contribution in [-0.4, -0.2) is 35.3 Å². The number of nitrogens with one attached hydrogen (secondary N) is 1. The summed E-state index contributed by atoms with van der Waals surface area (Å²) in [6.45, 7) is 2.73. The number of amides is 1. The molecular weight excluding hydrogens is 306 g/mol. The molecule has 0 spiro atoms. The number of rotatable bonds is 8. The second-order valence-electron chi connectivity index (χ2n) is 3.74. The zero-order chi connectivity index (χ0) is 14.2. The van der Waals surface area contributed by atoms with Gasteiger partial charge in [0.25, 0.3) is 0 Å². The van der Waals surface area contributed by atoms with Gasteiger partial charge in [0, 0.05) is 12.3 Å². The lowest BCUT2D eigenvalue weighted by Crippen LogP contribution is -2.65. The van der Waals surface area contributed by atoms with Crippen LogP contribution in [0.25, 0.3) is 0 Å². The molecule has 7 heteroatoms. The Bertz CT molecular complexity index is 321. The number of carboxylic acids is 1. The van der Waals surface area contributed by atoms with Crippen LogP contribution in [0.5, 0.6) is 0 Å². The van der Waals surface area contributed by atoms with E-state index in [4.69, 9.17) is 4.74 Å². The van der Waals surface area contributed by atoms with Crippen molar-refractivity contribution in [3.63, 3.8) is 0 Å². The van der Waals surface area contributed by atoms with Crippen LogP contribution in [0, 0.1) is 0 Å². The van der Waals surface area contributed by atoms with Gasteiger partial charge in [0.05, 0.1) is 12.6 Å². The number of hydrogen-bond donors (Lipinski definition) is 1. The molecule has 18 heavy (non-hydrogen) atoms. The molecule has 1 unspecified atom stereocenters. The summed E-state index contributed by atoms with van der Waals surface area (Å²) >= 11 is 3.21. The second-order valence-corrected chi connectivity index (χ2v) is 4.53. The van der Waals surface area contributed by atoms with Gasteiger partial charge in [-0.15, -0.1) is 0 Å². The van der Waals surface area contributed by atoms with Gasteiger partial charge in [0.1, 0.15) is 0 Å². The minimum Gasteiger partial charge on any atom is -0.547 e. The van der Waals surface area contributed by atoms with Gasteiger partial charge in [0.2, 0.25) is 5.91 Å². The third-order valence-corrected chi connectivity index (χ3v) is 2.86. The average Bonchev–Trinajstić information content (AvgIpc) is 2.27.